The molecule has 0 radical (unpaired) electrons. The average molecular weight is 562 g/mol. The zero-order valence-electron chi connectivity index (χ0n) is 20.6. The molecule has 1 aromatic heterocycles. The van der Waals surface area contributed by atoms with Gasteiger partial charge in [-0.15, -0.1) is 0 Å². The van der Waals surface area contributed by atoms with Crippen LogP contribution in [0.2, 0.25) is 5.02 Å². The predicted octanol–water partition coefficient (Wildman–Crippen LogP) is 5.39. The van der Waals surface area contributed by atoms with Gasteiger partial charge in [0.1, 0.15) is 31.1 Å². The smallest absolute Gasteiger partial charge is 0.309 e. The number of rotatable bonds is 12. The van der Waals surface area contributed by atoms with E-state index < -0.39 is 5.97 Å². The molecule has 1 aliphatic rings. The van der Waals surface area contributed by atoms with Crippen molar-refractivity contribution in [3.05, 3.63) is 62.1 Å². The number of hydrogen-bond acceptors (Lipinski definition) is 7. The Morgan fingerprint density at radius 2 is 2.00 bits per heavy atom. The number of quaternary nitrogens is 1. The molecule has 0 amide bonds. The zero-order valence-corrected chi connectivity index (χ0v) is 23.0. The highest BCUT2D eigenvalue weighted by Gasteiger charge is 2.58. The van der Waals surface area contributed by atoms with E-state index in [1.165, 1.54) is 5.69 Å². The number of H-pyrrole nitrogens is 2. The van der Waals surface area contributed by atoms with E-state index >= 15 is 0 Å². The van der Waals surface area contributed by atoms with Gasteiger partial charge in [0.05, 0.1) is 6.54 Å². The molecule has 5 N–H and O–H groups in total. The summed E-state index contributed by atoms with van der Waals surface area (Å²) >= 11 is 16.4. The van der Waals surface area contributed by atoms with E-state index in [0.717, 1.165) is 42.9 Å². The van der Waals surface area contributed by atoms with E-state index in [9.17, 15) is 9.90 Å². The lowest BCUT2D eigenvalue weighted by Gasteiger charge is -2.24. The highest BCUT2D eigenvalue weighted by atomic mass is 35.5. The van der Waals surface area contributed by atoms with Gasteiger partial charge in [-0.25, -0.2) is 0 Å². The van der Waals surface area contributed by atoms with Crippen LogP contribution in [0.15, 0.2) is 36.4 Å². The molecule has 1 saturated heterocycles. The third-order valence-corrected chi connectivity index (χ3v) is 7.04. The number of aryl methyl sites for hydroxylation is 2. The van der Waals surface area contributed by atoms with Crippen molar-refractivity contribution in [2.75, 3.05) is 31.7 Å². The molecule has 1 aliphatic heterocycles. The molecule has 37 heavy (non-hydrogen) atoms. The Hall–Kier alpha value is -2.83. The summed E-state index contributed by atoms with van der Waals surface area (Å²) in [5.41, 5.74) is 4.20. The van der Waals surface area contributed by atoms with E-state index in [1.54, 1.807) is 0 Å². The lowest BCUT2D eigenvalue weighted by molar-refractivity contribution is -0.137. The second-order valence-electron chi connectivity index (χ2n) is 9.22. The summed E-state index contributed by atoms with van der Waals surface area (Å²) < 4.78 is 7.24. The third kappa shape index (κ3) is 6.93. The Morgan fingerprint density at radius 1 is 1.24 bits per heavy atom. The van der Waals surface area contributed by atoms with Gasteiger partial charge in [0, 0.05) is 40.9 Å². The fourth-order valence-electron chi connectivity index (χ4n) is 4.98. The number of hydrogen-bond donors (Lipinski definition) is 5. The van der Waals surface area contributed by atoms with Gasteiger partial charge in [0.25, 0.3) is 0 Å². The summed E-state index contributed by atoms with van der Waals surface area (Å²) in [6.07, 6.45) is 1.04. The van der Waals surface area contributed by atoms with E-state index in [0.29, 0.717) is 37.5 Å². The Labute approximate surface area is 230 Å². The largest absolute Gasteiger partial charge is 0.481 e. The van der Waals surface area contributed by atoms with E-state index in [2.05, 4.69) is 39.4 Å². The lowest BCUT2D eigenvalue weighted by Crippen LogP contribution is -2.35. The normalized spacial score (nSPS) is 18.4. The van der Waals surface area contributed by atoms with E-state index in [-0.39, 0.29) is 12.5 Å². The first-order valence-corrected chi connectivity index (χ1v) is 13.1. The summed E-state index contributed by atoms with van der Waals surface area (Å²) in [7, 11) is 0. The highest BCUT2D eigenvalue weighted by molar-refractivity contribution is 7.71. The Morgan fingerprint density at radius 3 is 2.70 bits per heavy atom. The number of aromatic nitrogens is 3. The number of benzene rings is 2. The molecule has 12 heteroatoms. The maximum Gasteiger partial charge on any atom is 0.309 e. The minimum absolute atomic E-state index is 0.0883. The maximum absolute atomic E-state index is 11.4. The minimum Gasteiger partial charge on any atom is -0.481 e. The summed E-state index contributed by atoms with van der Waals surface area (Å²) in [4.78, 5) is 21.2. The maximum atomic E-state index is 11.4. The van der Waals surface area contributed by atoms with Gasteiger partial charge in [-0.2, -0.15) is 4.98 Å². The van der Waals surface area contributed by atoms with Crippen LogP contribution in [0, 0.1) is 23.4 Å². The SMILES string of the molecule is Cc1cc(Cl)cc(C)c1[N+]1(CCCNCOc2cccc(Nc3nc(=S)[nH]c(=S)[nH]3)c2)CC1CC(=O)O. The van der Waals surface area contributed by atoms with Crippen LogP contribution in [0.25, 0.3) is 0 Å². The van der Waals surface area contributed by atoms with Crippen molar-refractivity contribution in [3.8, 4) is 5.75 Å². The molecular weight excluding hydrogens is 532 g/mol. The molecule has 2 unspecified atom stereocenters. The van der Waals surface area contributed by atoms with Gasteiger partial charge in [-0.05, 0) is 62.5 Å². The second kappa shape index (κ2) is 11.7. The number of aliphatic carboxylic acids is 1. The van der Waals surface area contributed by atoms with Crippen molar-refractivity contribution in [1.29, 1.82) is 0 Å². The summed E-state index contributed by atoms with van der Waals surface area (Å²) in [5, 5.41) is 16.5. The molecule has 196 valence electrons. The fraction of sp³-hybridized carbons (Fsp3) is 0.360. The van der Waals surface area contributed by atoms with Gasteiger partial charge >= 0.3 is 5.97 Å². The first kappa shape index (κ1) is 27.2. The molecule has 2 atom stereocenters. The van der Waals surface area contributed by atoms with Crippen LogP contribution in [0.1, 0.15) is 24.0 Å². The van der Waals surface area contributed by atoms with Crippen molar-refractivity contribution in [1.82, 2.24) is 24.8 Å². The number of nitrogens with one attached hydrogen (secondary N) is 4. The molecule has 9 nitrogen and oxygen atoms in total. The standard InChI is InChI=1S/C25H29ClN6O3S2/c1-15-9-17(26)10-16(2)22(15)32(13-19(32)12-21(33)34)8-4-7-27-14-35-20-6-3-5-18(11-20)28-23-29-24(36)31-25(37)30-23/h3,5-6,9-11,19,27H,4,7-8,12-14H2,1-2H3,(H3-,28,29,30,31,33,34,36,37)/p+1. The highest BCUT2D eigenvalue weighted by Crippen LogP contribution is 2.45. The first-order chi connectivity index (χ1) is 17.7. The average Bonchev–Trinajstić information content (AvgIpc) is 3.46. The summed E-state index contributed by atoms with van der Waals surface area (Å²) in [6.45, 7) is 6.87. The molecule has 0 saturated carbocycles. The van der Waals surface area contributed by atoms with Crippen LogP contribution >= 0.6 is 36.0 Å². The minimum atomic E-state index is -0.758. The second-order valence-corrected chi connectivity index (χ2v) is 10.5. The molecule has 4 rings (SSSR count). The van der Waals surface area contributed by atoms with Crippen molar-refractivity contribution < 1.29 is 14.6 Å². The topological polar surface area (TPSA) is 115 Å². The molecule has 2 aromatic carbocycles. The van der Waals surface area contributed by atoms with Crippen molar-refractivity contribution in [2.24, 2.45) is 0 Å². The van der Waals surface area contributed by atoms with Crippen molar-refractivity contribution >= 4 is 59.3 Å². The number of nitrogens with zero attached hydrogens (tertiary/aromatic N) is 2. The van der Waals surface area contributed by atoms with Crippen LogP contribution in [0.5, 0.6) is 5.75 Å². The van der Waals surface area contributed by atoms with Gasteiger partial charge in [0.2, 0.25) is 10.7 Å². The first-order valence-electron chi connectivity index (χ1n) is 11.9. The number of carboxylic acids is 1. The van der Waals surface area contributed by atoms with Crippen molar-refractivity contribution in [2.45, 2.75) is 32.7 Å². The molecular formula is C25H30ClN6O3S2+. The Kier molecular flexibility index (Phi) is 8.60. The Bertz CT molecular complexity index is 1360. The van der Waals surface area contributed by atoms with Crippen LogP contribution in [0.4, 0.5) is 17.3 Å². The van der Waals surface area contributed by atoms with Gasteiger partial charge in [0.15, 0.2) is 10.8 Å². The molecule has 2 heterocycles. The molecule has 0 bridgehead atoms. The lowest BCUT2D eigenvalue weighted by atomic mass is 10.1. The number of anilines is 2. The molecule has 0 spiro atoms. The monoisotopic (exact) mass is 561 g/mol. The van der Waals surface area contributed by atoms with Crippen LogP contribution in [0.3, 0.4) is 0 Å². The fourth-order valence-corrected chi connectivity index (χ4v) is 5.76. The van der Waals surface area contributed by atoms with Crippen molar-refractivity contribution in [3.63, 3.8) is 0 Å². The molecule has 0 aliphatic carbocycles. The number of halogens is 1. The van der Waals surface area contributed by atoms with E-state index in [1.807, 2.05) is 36.4 Å². The number of carboxylic acid groups (broad SMARTS) is 1. The third-order valence-electron chi connectivity index (χ3n) is 6.43. The molecule has 1 fully saturated rings. The number of ether oxygens (including phenoxy) is 1. The van der Waals surface area contributed by atoms with Crippen LogP contribution < -0.4 is 19.9 Å². The number of carbonyl (C=O) groups is 1. The summed E-state index contributed by atoms with van der Waals surface area (Å²) in [6, 6.07) is 11.5. The quantitative estimate of drug-likeness (QED) is 0.0657. The number of aromatic amines is 2. The summed E-state index contributed by atoms with van der Waals surface area (Å²) in [5.74, 6) is 0.384. The van der Waals surface area contributed by atoms with Gasteiger partial charge in [-0.1, -0.05) is 17.7 Å². The van der Waals surface area contributed by atoms with Crippen LogP contribution in [-0.2, 0) is 4.79 Å². The predicted molar refractivity (Wildman–Crippen MR) is 151 cm³/mol. The van der Waals surface area contributed by atoms with Gasteiger partial charge in [-0.3, -0.25) is 14.6 Å². The molecule has 3 aromatic rings. The Balaban J connectivity index is 1.30. The van der Waals surface area contributed by atoms with Crippen LogP contribution in [-0.4, -0.2) is 58.4 Å². The van der Waals surface area contributed by atoms with E-state index in [4.69, 9.17) is 40.8 Å². The van der Waals surface area contributed by atoms with Gasteiger partial charge < -0.3 is 25.1 Å². The zero-order chi connectivity index (χ0) is 26.6.